The van der Waals surface area contributed by atoms with Crippen molar-refractivity contribution in [3.8, 4) is 5.88 Å². The zero-order chi connectivity index (χ0) is 20.2. The zero-order valence-corrected chi connectivity index (χ0v) is 15.9. The van der Waals surface area contributed by atoms with Gasteiger partial charge in [0.05, 0.1) is 6.54 Å². The number of sulfonamides is 1. The zero-order valence-electron chi connectivity index (χ0n) is 14.3. The summed E-state index contributed by atoms with van der Waals surface area (Å²) in [5, 5.41) is 2.51. The molecule has 0 spiro atoms. The quantitative estimate of drug-likeness (QED) is 0.738. The van der Waals surface area contributed by atoms with E-state index in [9.17, 15) is 26.4 Å². The Kier molecular flexibility index (Phi) is 6.44. The van der Waals surface area contributed by atoms with Gasteiger partial charge >= 0.3 is 6.18 Å². The van der Waals surface area contributed by atoms with Crippen LogP contribution in [0.4, 0.5) is 13.2 Å². The molecule has 7 nitrogen and oxygen atoms in total. The molecule has 0 saturated carbocycles. The number of hydrogen-bond acceptors (Lipinski definition) is 6. The minimum Gasteiger partial charge on any atom is -0.467 e. The number of rotatable bonds is 7. The molecule has 2 heterocycles. The van der Waals surface area contributed by atoms with Crippen LogP contribution in [0.15, 0.2) is 34.7 Å². The molecule has 0 bridgehead atoms. The van der Waals surface area contributed by atoms with Crippen molar-refractivity contribution < 1.29 is 31.1 Å². The summed E-state index contributed by atoms with van der Waals surface area (Å²) >= 11 is 0.983. The van der Waals surface area contributed by atoms with E-state index in [1.165, 1.54) is 38.5 Å². The molecule has 148 valence electrons. The Morgan fingerprint density at radius 3 is 2.63 bits per heavy atom. The number of pyridine rings is 1. The predicted octanol–water partition coefficient (Wildman–Crippen LogP) is 2.26. The van der Waals surface area contributed by atoms with Gasteiger partial charge in [-0.25, -0.2) is 17.7 Å². The van der Waals surface area contributed by atoms with Crippen LogP contribution in [-0.2, 0) is 16.6 Å². The fraction of sp³-hybridized carbons (Fsp3) is 0.333. The molecule has 0 aliphatic heterocycles. The number of carbonyl (C=O) groups excluding carboxylic acids is 1. The van der Waals surface area contributed by atoms with E-state index in [2.05, 4.69) is 15.0 Å². The first-order chi connectivity index (χ1) is 12.5. The average Bonchev–Trinajstić information content (AvgIpc) is 3.07. The number of aromatic nitrogens is 1. The molecule has 0 aliphatic carbocycles. The third kappa shape index (κ3) is 5.65. The van der Waals surface area contributed by atoms with Crippen molar-refractivity contribution in [2.45, 2.75) is 16.9 Å². The lowest BCUT2D eigenvalue weighted by molar-refractivity contribution is -0.154. The first-order valence-electron chi connectivity index (χ1n) is 7.45. The lowest BCUT2D eigenvalue weighted by Crippen LogP contribution is -2.25. The molecule has 0 fully saturated rings. The Hall–Kier alpha value is -2.18. The second-order valence-electron chi connectivity index (χ2n) is 5.45. The van der Waals surface area contributed by atoms with Gasteiger partial charge in [0.25, 0.3) is 15.9 Å². The topological polar surface area (TPSA) is 88.6 Å². The molecule has 0 aliphatic rings. The molecule has 0 unspecified atom stereocenters. The fourth-order valence-corrected chi connectivity index (χ4v) is 4.33. The summed E-state index contributed by atoms with van der Waals surface area (Å²) in [6.07, 6.45) is -3.35. The third-order valence-electron chi connectivity index (χ3n) is 3.18. The lowest BCUT2D eigenvalue weighted by Gasteiger charge is -2.11. The van der Waals surface area contributed by atoms with Gasteiger partial charge in [0.1, 0.15) is 9.77 Å². The van der Waals surface area contributed by atoms with Gasteiger partial charge in [-0.05, 0) is 24.3 Å². The van der Waals surface area contributed by atoms with Gasteiger partial charge in [0.15, 0.2) is 6.61 Å². The maximum Gasteiger partial charge on any atom is 0.422 e. The van der Waals surface area contributed by atoms with Gasteiger partial charge in [-0.3, -0.25) is 4.79 Å². The highest BCUT2D eigenvalue weighted by Gasteiger charge is 2.29. The van der Waals surface area contributed by atoms with E-state index in [0.717, 1.165) is 15.6 Å². The van der Waals surface area contributed by atoms with Crippen molar-refractivity contribution in [2.75, 3.05) is 20.7 Å². The number of halogens is 3. The predicted molar refractivity (Wildman–Crippen MR) is 92.1 cm³/mol. The Labute approximate surface area is 157 Å². The highest BCUT2D eigenvalue weighted by atomic mass is 32.2. The van der Waals surface area contributed by atoms with E-state index in [4.69, 9.17) is 0 Å². The van der Waals surface area contributed by atoms with E-state index in [-0.39, 0.29) is 16.3 Å². The summed E-state index contributed by atoms with van der Waals surface area (Å²) in [6.45, 7) is -1.57. The molecule has 0 radical (unpaired) electrons. The number of nitrogens with one attached hydrogen (secondary N) is 1. The van der Waals surface area contributed by atoms with Gasteiger partial charge in [-0.15, -0.1) is 11.3 Å². The highest BCUT2D eigenvalue weighted by molar-refractivity contribution is 7.91. The summed E-state index contributed by atoms with van der Waals surface area (Å²) in [6, 6.07) is 5.64. The number of ether oxygens (including phenoxy) is 1. The van der Waals surface area contributed by atoms with E-state index in [1.54, 1.807) is 6.07 Å². The normalized spacial score (nSPS) is 12.2. The summed E-state index contributed by atoms with van der Waals surface area (Å²) in [5.74, 6) is -1.12. The Morgan fingerprint density at radius 2 is 2.00 bits per heavy atom. The van der Waals surface area contributed by atoms with Crippen LogP contribution in [0.2, 0.25) is 0 Å². The van der Waals surface area contributed by atoms with Crippen molar-refractivity contribution in [1.29, 1.82) is 0 Å². The second-order valence-corrected chi connectivity index (χ2v) is 9.00. The standard InChI is InChI=1S/C15H16F3N3O4S2/c1-21(2)27(23,24)12-6-5-10(26-12)8-20-13(22)11-4-3-7-19-14(11)25-9-15(16,17)18/h3-7H,8-9H2,1-2H3,(H,20,22). The van der Waals surface area contributed by atoms with Gasteiger partial charge in [0, 0.05) is 25.2 Å². The molecule has 0 saturated heterocycles. The molecule has 27 heavy (non-hydrogen) atoms. The Morgan fingerprint density at radius 1 is 1.30 bits per heavy atom. The number of thiophene rings is 1. The van der Waals surface area contributed by atoms with Crippen LogP contribution in [-0.4, -0.2) is 50.5 Å². The number of amides is 1. The minimum absolute atomic E-state index is 0.0000533. The molecule has 2 aromatic rings. The van der Waals surface area contributed by atoms with Crippen LogP contribution in [0.5, 0.6) is 5.88 Å². The van der Waals surface area contributed by atoms with Crippen molar-refractivity contribution in [2.24, 2.45) is 0 Å². The highest BCUT2D eigenvalue weighted by Crippen LogP contribution is 2.24. The molecular formula is C15H16F3N3O4S2. The van der Waals surface area contributed by atoms with Crippen LogP contribution in [0.1, 0.15) is 15.2 Å². The maximum atomic E-state index is 12.3. The first-order valence-corrected chi connectivity index (χ1v) is 9.70. The molecule has 2 rings (SSSR count). The first kappa shape index (κ1) is 21.1. The summed E-state index contributed by atoms with van der Waals surface area (Å²) in [4.78, 5) is 16.4. The van der Waals surface area contributed by atoms with Crippen LogP contribution < -0.4 is 10.1 Å². The van der Waals surface area contributed by atoms with Crippen LogP contribution >= 0.6 is 11.3 Å². The van der Waals surface area contributed by atoms with Crippen molar-refractivity contribution in [3.63, 3.8) is 0 Å². The fourth-order valence-electron chi connectivity index (χ4n) is 1.86. The van der Waals surface area contributed by atoms with Crippen molar-refractivity contribution in [1.82, 2.24) is 14.6 Å². The summed E-state index contributed by atoms with van der Waals surface area (Å²) in [7, 11) is -0.764. The van der Waals surface area contributed by atoms with E-state index >= 15 is 0 Å². The molecule has 1 amide bonds. The Balaban J connectivity index is 2.06. The van der Waals surface area contributed by atoms with E-state index < -0.39 is 34.6 Å². The second kappa shape index (κ2) is 8.23. The van der Waals surface area contributed by atoms with Crippen LogP contribution in [0.25, 0.3) is 0 Å². The van der Waals surface area contributed by atoms with Gasteiger partial charge in [0.2, 0.25) is 5.88 Å². The molecule has 12 heteroatoms. The molecular weight excluding hydrogens is 407 g/mol. The Bertz CT molecular complexity index is 911. The molecule has 2 aromatic heterocycles. The average molecular weight is 423 g/mol. The van der Waals surface area contributed by atoms with Gasteiger partial charge in [-0.2, -0.15) is 13.2 Å². The van der Waals surface area contributed by atoms with Gasteiger partial charge < -0.3 is 10.1 Å². The SMILES string of the molecule is CN(C)S(=O)(=O)c1ccc(CNC(=O)c2cccnc2OCC(F)(F)F)s1. The monoisotopic (exact) mass is 423 g/mol. The number of carbonyl (C=O) groups is 1. The molecule has 1 N–H and O–H groups in total. The summed E-state index contributed by atoms with van der Waals surface area (Å²) < 4.78 is 66.7. The smallest absolute Gasteiger partial charge is 0.422 e. The van der Waals surface area contributed by atoms with E-state index in [0.29, 0.717) is 4.88 Å². The van der Waals surface area contributed by atoms with Crippen LogP contribution in [0.3, 0.4) is 0 Å². The summed E-state index contributed by atoms with van der Waals surface area (Å²) in [5.41, 5.74) is -0.153. The minimum atomic E-state index is -4.56. The maximum absolute atomic E-state index is 12.3. The molecule has 0 atom stereocenters. The van der Waals surface area contributed by atoms with Crippen LogP contribution in [0, 0.1) is 0 Å². The third-order valence-corrected chi connectivity index (χ3v) is 6.55. The van der Waals surface area contributed by atoms with Crippen molar-refractivity contribution >= 4 is 27.3 Å². The van der Waals surface area contributed by atoms with E-state index in [1.807, 2.05) is 0 Å². The number of nitrogens with zero attached hydrogens (tertiary/aromatic N) is 2. The lowest BCUT2D eigenvalue weighted by atomic mass is 10.2. The number of hydrogen-bond donors (Lipinski definition) is 1. The van der Waals surface area contributed by atoms with Crippen molar-refractivity contribution in [3.05, 3.63) is 40.9 Å². The largest absolute Gasteiger partial charge is 0.467 e. The molecule has 0 aromatic carbocycles. The van der Waals surface area contributed by atoms with Gasteiger partial charge in [-0.1, -0.05) is 0 Å². The number of alkyl halides is 3.